The fraction of sp³-hybridized carbons (Fsp3) is 0.385. The molecule has 0 fully saturated rings. The Labute approximate surface area is 126 Å². The number of amides is 1. The number of pyridine rings is 1. The Kier molecular flexibility index (Phi) is 5.24. The van der Waals surface area contributed by atoms with E-state index >= 15 is 0 Å². The molecule has 0 spiro atoms. The molecule has 1 amide bonds. The van der Waals surface area contributed by atoms with Crippen molar-refractivity contribution in [2.45, 2.75) is 12.8 Å². The molecule has 0 unspecified atom stereocenters. The first-order valence-corrected chi connectivity index (χ1v) is 6.92. The molecule has 2 rings (SSSR count). The van der Waals surface area contributed by atoms with E-state index in [1.807, 2.05) is 0 Å². The summed E-state index contributed by atoms with van der Waals surface area (Å²) in [5.41, 5.74) is 1.05. The first-order chi connectivity index (χ1) is 10.1. The maximum atomic E-state index is 12.0. The van der Waals surface area contributed by atoms with E-state index in [1.54, 1.807) is 0 Å². The topological polar surface area (TPSA) is 97.2 Å². The third-order valence-corrected chi connectivity index (χ3v) is 3.47. The van der Waals surface area contributed by atoms with E-state index in [0.717, 1.165) is 38.2 Å². The quantitative estimate of drug-likeness (QED) is 0.373. The number of carbonyl (C=O) groups is 1. The summed E-state index contributed by atoms with van der Waals surface area (Å²) < 4.78 is 0. The highest BCUT2D eigenvalue weighted by Crippen LogP contribution is 2.19. The SMILES string of the molecule is O=C(NCCC1=CCNCC1)c1cc([N+](=O)[O-])cnc1Cl. The summed E-state index contributed by atoms with van der Waals surface area (Å²) in [5.74, 6) is -0.453. The molecular weight excluding hydrogens is 296 g/mol. The van der Waals surface area contributed by atoms with Crippen molar-refractivity contribution < 1.29 is 9.72 Å². The van der Waals surface area contributed by atoms with Gasteiger partial charge in [-0.15, -0.1) is 0 Å². The number of hydrogen-bond acceptors (Lipinski definition) is 5. The Balaban J connectivity index is 1.95. The summed E-state index contributed by atoms with van der Waals surface area (Å²) in [6.45, 7) is 2.26. The molecule has 1 aliphatic rings. The summed E-state index contributed by atoms with van der Waals surface area (Å²) in [6.07, 6.45) is 4.86. The van der Waals surface area contributed by atoms with E-state index in [1.165, 1.54) is 5.57 Å². The zero-order valence-electron chi connectivity index (χ0n) is 11.3. The van der Waals surface area contributed by atoms with Gasteiger partial charge in [-0.3, -0.25) is 14.9 Å². The van der Waals surface area contributed by atoms with Crippen molar-refractivity contribution >= 4 is 23.2 Å². The van der Waals surface area contributed by atoms with Gasteiger partial charge in [-0.1, -0.05) is 23.3 Å². The Bertz CT molecular complexity index is 589. The smallest absolute Gasteiger partial charge is 0.288 e. The van der Waals surface area contributed by atoms with Gasteiger partial charge in [-0.2, -0.15) is 0 Å². The molecule has 1 aromatic rings. The lowest BCUT2D eigenvalue weighted by Gasteiger charge is -2.14. The van der Waals surface area contributed by atoms with Crippen LogP contribution in [0.5, 0.6) is 0 Å². The van der Waals surface area contributed by atoms with Crippen LogP contribution in [0.4, 0.5) is 5.69 Å². The molecule has 1 aromatic heterocycles. The van der Waals surface area contributed by atoms with Gasteiger partial charge < -0.3 is 10.6 Å². The molecule has 0 radical (unpaired) electrons. The molecule has 0 atom stereocenters. The van der Waals surface area contributed by atoms with Crippen LogP contribution in [0.15, 0.2) is 23.9 Å². The summed E-state index contributed by atoms with van der Waals surface area (Å²) in [6, 6.07) is 1.13. The van der Waals surface area contributed by atoms with Crippen LogP contribution in [0.3, 0.4) is 0 Å². The Morgan fingerprint density at radius 3 is 3.05 bits per heavy atom. The van der Waals surface area contributed by atoms with E-state index in [-0.39, 0.29) is 16.4 Å². The van der Waals surface area contributed by atoms with Gasteiger partial charge in [0, 0.05) is 19.2 Å². The van der Waals surface area contributed by atoms with Gasteiger partial charge in [0.15, 0.2) is 0 Å². The average Bonchev–Trinajstić information content (AvgIpc) is 2.48. The molecule has 0 saturated carbocycles. The minimum absolute atomic E-state index is 0.0187. The second-order valence-electron chi connectivity index (χ2n) is 4.61. The van der Waals surface area contributed by atoms with Crippen LogP contribution in [0.25, 0.3) is 0 Å². The summed E-state index contributed by atoms with van der Waals surface area (Å²) in [5, 5.41) is 16.6. The van der Waals surface area contributed by atoms with Crippen LogP contribution in [0.2, 0.25) is 5.15 Å². The summed E-state index contributed by atoms with van der Waals surface area (Å²) in [7, 11) is 0. The predicted molar refractivity (Wildman–Crippen MR) is 78.4 cm³/mol. The number of nitrogens with one attached hydrogen (secondary N) is 2. The number of carbonyl (C=O) groups excluding carboxylic acids is 1. The third-order valence-electron chi connectivity index (χ3n) is 3.17. The van der Waals surface area contributed by atoms with Crippen molar-refractivity contribution in [3.05, 3.63) is 44.7 Å². The fourth-order valence-electron chi connectivity index (χ4n) is 2.02. The predicted octanol–water partition coefficient (Wildman–Crippen LogP) is 1.68. The second-order valence-corrected chi connectivity index (χ2v) is 4.97. The normalized spacial score (nSPS) is 14.4. The average molecular weight is 311 g/mol. The third kappa shape index (κ3) is 4.24. The summed E-state index contributed by atoms with van der Waals surface area (Å²) >= 11 is 5.81. The van der Waals surface area contributed by atoms with Gasteiger partial charge in [0.1, 0.15) is 11.3 Å². The van der Waals surface area contributed by atoms with Crippen molar-refractivity contribution in [2.75, 3.05) is 19.6 Å². The zero-order chi connectivity index (χ0) is 15.2. The molecule has 7 nitrogen and oxygen atoms in total. The van der Waals surface area contributed by atoms with Crippen molar-refractivity contribution in [2.24, 2.45) is 0 Å². The molecule has 0 saturated heterocycles. The second kappa shape index (κ2) is 7.14. The van der Waals surface area contributed by atoms with Gasteiger partial charge in [0.2, 0.25) is 0 Å². The minimum atomic E-state index is -0.611. The highest BCUT2D eigenvalue weighted by molar-refractivity contribution is 6.32. The van der Waals surface area contributed by atoms with Crippen LogP contribution in [0, 0.1) is 10.1 Å². The number of nitrogens with zero attached hydrogens (tertiary/aromatic N) is 2. The van der Waals surface area contributed by atoms with Crippen molar-refractivity contribution in [1.29, 1.82) is 0 Å². The number of hydrogen-bond donors (Lipinski definition) is 2. The van der Waals surface area contributed by atoms with Crippen LogP contribution >= 0.6 is 11.6 Å². The van der Waals surface area contributed by atoms with Gasteiger partial charge in [-0.25, -0.2) is 4.98 Å². The highest BCUT2D eigenvalue weighted by Gasteiger charge is 2.16. The Morgan fingerprint density at radius 1 is 1.57 bits per heavy atom. The van der Waals surface area contributed by atoms with E-state index in [4.69, 9.17) is 11.6 Å². The molecule has 112 valence electrons. The molecule has 1 aliphatic heterocycles. The maximum absolute atomic E-state index is 12.0. The first-order valence-electron chi connectivity index (χ1n) is 6.54. The van der Waals surface area contributed by atoms with E-state index in [0.29, 0.717) is 6.54 Å². The zero-order valence-corrected chi connectivity index (χ0v) is 12.0. The Morgan fingerprint density at radius 2 is 2.38 bits per heavy atom. The number of nitro groups is 1. The van der Waals surface area contributed by atoms with E-state index in [9.17, 15) is 14.9 Å². The first kappa shape index (κ1) is 15.4. The van der Waals surface area contributed by atoms with Crippen LogP contribution in [0.1, 0.15) is 23.2 Å². The fourth-order valence-corrected chi connectivity index (χ4v) is 2.21. The van der Waals surface area contributed by atoms with Crippen molar-refractivity contribution in [1.82, 2.24) is 15.6 Å². The van der Waals surface area contributed by atoms with E-state index in [2.05, 4.69) is 21.7 Å². The molecule has 2 heterocycles. The molecular formula is C13H15ClN4O3. The standard InChI is InChI=1S/C13H15ClN4O3/c14-12-11(7-10(8-17-12)18(20)21)13(19)16-6-3-9-1-4-15-5-2-9/h1,7-8,15H,2-6H2,(H,16,19). The van der Waals surface area contributed by atoms with Crippen molar-refractivity contribution in [3.63, 3.8) is 0 Å². The monoisotopic (exact) mass is 310 g/mol. The van der Waals surface area contributed by atoms with Gasteiger partial charge in [0.25, 0.3) is 11.6 Å². The molecule has 8 heteroatoms. The lowest BCUT2D eigenvalue weighted by atomic mass is 10.1. The maximum Gasteiger partial charge on any atom is 0.288 e. The van der Waals surface area contributed by atoms with E-state index < -0.39 is 10.8 Å². The van der Waals surface area contributed by atoms with Gasteiger partial charge >= 0.3 is 0 Å². The number of rotatable bonds is 5. The minimum Gasteiger partial charge on any atom is -0.352 e. The number of aromatic nitrogens is 1. The lowest BCUT2D eigenvalue weighted by Crippen LogP contribution is -2.27. The van der Waals surface area contributed by atoms with Crippen LogP contribution in [-0.2, 0) is 0 Å². The Hall–Kier alpha value is -1.99. The molecule has 0 bridgehead atoms. The number of halogens is 1. The van der Waals surface area contributed by atoms with Crippen LogP contribution in [-0.4, -0.2) is 35.4 Å². The van der Waals surface area contributed by atoms with Gasteiger partial charge in [0.05, 0.1) is 10.5 Å². The molecule has 0 aromatic carbocycles. The molecule has 21 heavy (non-hydrogen) atoms. The lowest BCUT2D eigenvalue weighted by molar-refractivity contribution is -0.385. The van der Waals surface area contributed by atoms with Gasteiger partial charge in [-0.05, 0) is 19.4 Å². The summed E-state index contributed by atoms with van der Waals surface area (Å²) in [4.78, 5) is 25.7. The molecule has 2 N–H and O–H groups in total. The largest absolute Gasteiger partial charge is 0.352 e. The highest BCUT2D eigenvalue weighted by atomic mass is 35.5. The molecule has 0 aliphatic carbocycles. The van der Waals surface area contributed by atoms with Crippen molar-refractivity contribution in [3.8, 4) is 0 Å². The van der Waals surface area contributed by atoms with Crippen LogP contribution < -0.4 is 10.6 Å².